The number of benzene rings is 2. The van der Waals surface area contributed by atoms with Gasteiger partial charge < -0.3 is 19.8 Å². The number of carbonyl (C=O) groups is 1. The van der Waals surface area contributed by atoms with Gasteiger partial charge in [0.15, 0.2) is 0 Å². The zero-order valence-electron chi connectivity index (χ0n) is 15.6. The summed E-state index contributed by atoms with van der Waals surface area (Å²) < 4.78 is 17.9. The minimum Gasteiger partial charge on any atom is -0.488 e. The summed E-state index contributed by atoms with van der Waals surface area (Å²) in [6, 6.07) is 14.8. The molecule has 1 fully saturated rings. The topological polar surface area (TPSA) is 70.8 Å². The van der Waals surface area contributed by atoms with Crippen molar-refractivity contribution in [1.82, 2.24) is 0 Å². The van der Waals surface area contributed by atoms with Crippen molar-refractivity contribution in [2.24, 2.45) is 5.73 Å². The first kappa shape index (κ1) is 18.5. The van der Waals surface area contributed by atoms with E-state index in [0.717, 1.165) is 11.0 Å². The number of hydrogen-bond donors (Lipinski definition) is 1. The monoisotopic (exact) mass is 353 g/mol. The number of nitrogens with two attached hydrogens (primary N) is 1. The molecular formula is C20H24BNO4. The van der Waals surface area contributed by atoms with Crippen LogP contribution >= 0.6 is 0 Å². The van der Waals surface area contributed by atoms with Crippen LogP contribution in [0.1, 0.15) is 43.6 Å². The minimum absolute atomic E-state index is 0.341. The van der Waals surface area contributed by atoms with E-state index in [4.69, 9.17) is 19.8 Å². The Hall–Kier alpha value is -2.31. The second kappa shape index (κ2) is 6.78. The fraction of sp³-hybridized carbons (Fsp3) is 0.350. The summed E-state index contributed by atoms with van der Waals surface area (Å²) >= 11 is 0. The second-order valence-electron chi connectivity index (χ2n) is 7.48. The number of amides is 1. The van der Waals surface area contributed by atoms with Gasteiger partial charge in [0.1, 0.15) is 12.4 Å². The Kier molecular flexibility index (Phi) is 4.82. The lowest BCUT2D eigenvalue weighted by molar-refractivity contribution is 0.00578. The summed E-state index contributed by atoms with van der Waals surface area (Å²) in [5.74, 6) is -0.0215. The summed E-state index contributed by atoms with van der Waals surface area (Å²) in [6.45, 7) is 8.47. The number of ether oxygens (including phenoxy) is 1. The van der Waals surface area contributed by atoms with Crippen molar-refractivity contribution in [3.8, 4) is 5.75 Å². The highest BCUT2D eigenvalue weighted by molar-refractivity contribution is 6.62. The SMILES string of the molecule is CC1(C)OB(c2ccc(COc3ccccc3C(N)=O)cc2)OC1(C)C. The van der Waals surface area contributed by atoms with Crippen LogP contribution in [-0.2, 0) is 15.9 Å². The predicted octanol–water partition coefficient (Wildman–Crippen LogP) is 2.66. The largest absolute Gasteiger partial charge is 0.494 e. The van der Waals surface area contributed by atoms with Gasteiger partial charge in [0.25, 0.3) is 5.91 Å². The Morgan fingerprint density at radius 1 is 1.00 bits per heavy atom. The zero-order valence-corrected chi connectivity index (χ0v) is 15.6. The van der Waals surface area contributed by atoms with Gasteiger partial charge in [-0.2, -0.15) is 0 Å². The Morgan fingerprint density at radius 3 is 2.15 bits per heavy atom. The normalized spacial score (nSPS) is 17.9. The highest BCUT2D eigenvalue weighted by Crippen LogP contribution is 2.36. The lowest BCUT2D eigenvalue weighted by Crippen LogP contribution is -2.41. The lowest BCUT2D eigenvalue weighted by atomic mass is 9.79. The van der Waals surface area contributed by atoms with Gasteiger partial charge in [0.05, 0.1) is 16.8 Å². The van der Waals surface area contributed by atoms with E-state index in [9.17, 15) is 4.79 Å². The summed E-state index contributed by atoms with van der Waals surface area (Å²) in [5, 5.41) is 0. The highest BCUT2D eigenvalue weighted by atomic mass is 16.7. The third-order valence-electron chi connectivity index (χ3n) is 5.05. The Morgan fingerprint density at radius 2 is 1.58 bits per heavy atom. The Labute approximate surface area is 154 Å². The number of rotatable bonds is 5. The molecule has 1 aliphatic rings. The van der Waals surface area contributed by atoms with Gasteiger partial charge in [-0.1, -0.05) is 36.4 Å². The fourth-order valence-corrected chi connectivity index (χ4v) is 2.71. The molecule has 2 aromatic carbocycles. The van der Waals surface area contributed by atoms with Crippen LogP contribution in [0, 0.1) is 0 Å². The third kappa shape index (κ3) is 3.62. The summed E-state index contributed by atoms with van der Waals surface area (Å²) in [6.07, 6.45) is 0. The maximum Gasteiger partial charge on any atom is 0.494 e. The maximum atomic E-state index is 11.4. The van der Waals surface area contributed by atoms with Gasteiger partial charge in [-0.25, -0.2) is 0 Å². The molecule has 1 saturated heterocycles. The van der Waals surface area contributed by atoms with Gasteiger partial charge in [-0.15, -0.1) is 0 Å². The van der Waals surface area contributed by atoms with Crippen molar-refractivity contribution in [3.05, 3.63) is 59.7 Å². The second-order valence-corrected chi connectivity index (χ2v) is 7.48. The molecule has 0 bridgehead atoms. The van der Waals surface area contributed by atoms with Crippen molar-refractivity contribution >= 4 is 18.5 Å². The molecule has 26 heavy (non-hydrogen) atoms. The molecule has 0 unspecified atom stereocenters. The van der Waals surface area contributed by atoms with Crippen LogP contribution in [-0.4, -0.2) is 24.2 Å². The molecule has 1 aliphatic heterocycles. The maximum absolute atomic E-state index is 11.4. The zero-order chi connectivity index (χ0) is 18.9. The number of carbonyl (C=O) groups excluding carboxylic acids is 1. The number of primary amides is 1. The highest BCUT2D eigenvalue weighted by Gasteiger charge is 2.51. The van der Waals surface area contributed by atoms with E-state index in [0.29, 0.717) is 17.9 Å². The predicted molar refractivity (Wildman–Crippen MR) is 101 cm³/mol. The Balaban J connectivity index is 1.67. The van der Waals surface area contributed by atoms with Gasteiger partial charge >= 0.3 is 7.12 Å². The van der Waals surface area contributed by atoms with E-state index >= 15 is 0 Å². The average Bonchev–Trinajstić information content (AvgIpc) is 2.81. The smallest absolute Gasteiger partial charge is 0.488 e. The molecule has 6 heteroatoms. The molecule has 0 atom stereocenters. The van der Waals surface area contributed by atoms with Gasteiger partial charge in [-0.3, -0.25) is 4.79 Å². The molecule has 0 aliphatic carbocycles. The van der Waals surface area contributed by atoms with Crippen molar-refractivity contribution in [2.75, 3.05) is 0 Å². The lowest BCUT2D eigenvalue weighted by Gasteiger charge is -2.32. The van der Waals surface area contributed by atoms with Crippen LogP contribution in [0.2, 0.25) is 0 Å². The van der Waals surface area contributed by atoms with E-state index in [-0.39, 0.29) is 18.3 Å². The quantitative estimate of drug-likeness (QED) is 0.839. The van der Waals surface area contributed by atoms with Crippen LogP contribution in [0.3, 0.4) is 0 Å². The average molecular weight is 353 g/mol. The molecule has 1 amide bonds. The first-order valence-corrected chi connectivity index (χ1v) is 8.66. The summed E-state index contributed by atoms with van der Waals surface area (Å²) in [5.41, 5.74) is 6.96. The van der Waals surface area contributed by atoms with Crippen LogP contribution < -0.4 is 15.9 Å². The number of para-hydroxylation sites is 1. The molecule has 0 saturated carbocycles. The van der Waals surface area contributed by atoms with Gasteiger partial charge in [-0.05, 0) is 50.9 Å². The Bertz CT molecular complexity index is 786. The van der Waals surface area contributed by atoms with Crippen LogP contribution in [0.15, 0.2) is 48.5 Å². The standard InChI is InChI=1S/C20H24BNO4/c1-19(2)20(3,4)26-21(25-19)15-11-9-14(10-12-15)13-24-17-8-6-5-7-16(17)18(22)23/h5-12H,13H2,1-4H3,(H2,22,23). The fourth-order valence-electron chi connectivity index (χ4n) is 2.71. The molecule has 5 nitrogen and oxygen atoms in total. The number of hydrogen-bond acceptors (Lipinski definition) is 4. The third-order valence-corrected chi connectivity index (χ3v) is 5.05. The molecule has 0 aromatic heterocycles. The molecule has 0 spiro atoms. The van der Waals surface area contributed by atoms with Crippen molar-refractivity contribution in [3.63, 3.8) is 0 Å². The van der Waals surface area contributed by atoms with Crippen molar-refractivity contribution in [1.29, 1.82) is 0 Å². The molecule has 0 radical (unpaired) electrons. The molecular weight excluding hydrogens is 329 g/mol. The van der Waals surface area contributed by atoms with E-state index in [1.54, 1.807) is 18.2 Å². The van der Waals surface area contributed by atoms with Crippen LogP contribution in [0.5, 0.6) is 5.75 Å². The van der Waals surface area contributed by atoms with E-state index in [1.165, 1.54) is 0 Å². The van der Waals surface area contributed by atoms with Crippen molar-refractivity contribution in [2.45, 2.75) is 45.5 Å². The van der Waals surface area contributed by atoms with Gasteiger partial charge in [0.2, 0.25) is 0 Å². The van der Waals surface area contributed by atoms with Crippen LogP contribution in [0.4, 0.5) is 0 Å². The minimum atomic E-state index is -0.503. The van der Waals surface area contributed by atoms with E-state index in [1.807, 2.05) is 58.0 Å². The molecule has 2 N–H and O–H groups in total. The summed E-state index contributed by atoms with van der Waals surface area (Å²) in [4.78, 5) is 11.4. The first-order chi connectivity index (χ1) is 12.2. The molecule has 136 valence electrons. The summed E-state index contributed by atoms with van der Waals surface area (Å²) in [7, 11) is -0.384. The van der Waals surface area contributed by atoms with Crippen molar-refractivity contribution < 1.29 is 18.8 Å². The first-order valence-electron chi connectivity index (χ1n) is 8.66. The molecule has 3 rings (SSSR count). The van der Waals surface area contributed by atoms with Crippen LogP contribution in [0.25, 0.3) is 0 Å². The van der Waals surface area contributed by atoms with E-state index in [2.05, 4.69) is 0 Å². The molecule has 2 aromatic rings. The molecule has 1 heterocycles. The van der Waals surface area contributed by atoms with Gasteiger partial charge in [0, 0.05) is 0 Å². The van der Waals surface area contributed by atoms with E-state index < -0.39 is 5.91 Å².